The topological polar surface area (TPSA) is 34.5 Å². The number of para-hydroxylation sites is 1. The Kier molecular flexibility index (Phi) is 17.1. The number of aromatic nitrogens is 1. The smallest absolute Gasteiger partial charge is 0.0904 e. The number of rotatable bonds is 16. The van der Waals surface area contributed by atoms with Gasteiger partial charge in [-0.1, -0.05) is 202 Å². The van der Waals surface area contributed by atoms with Gasteiger partial charge in [-0.15, -0.1) is 0 Å². The quantitative estimate of drug-likeness (QED) is 0.106. The summed E-state index contributed by atoms with van der Waals surface area (Å²) in [7, 11) is 1.89. The lowest BCUT2D eigenvalue weighted by Gasteiger charge is -2.44. The van der Waals surface area contributed by atoms with Gasteiger partial charge >= 0.3 is 0 Å². The van der Waals surface area contributed by atoms with E-state index in [-0.39, 0.29) is 29.3 Å². The molecule has 9 aliphatic carbocycles. The average molecular weight is 1060 g/mol. The second-order valence-electron chi connectivity index (χ2n) is 25.1. The van der Waals surface area contributed by atoms with E-state index in [4.69, 9.17) is 14.7 Å². The van der Waals surface area contributed by atoms with Gasteiger partial charge in [0.25, 0.3) is 0 Å². The van der Waals surface area contributed by atoms with Gasteiger partial charge in [0, 0.05) is 54.0 Å². The van der Waals surface area contributed by atoms with Gasteiger partial charge in [0.15, 0.2) is 0 Å². The molecule has 3 heteroatoms. The highest BCUT2D eigenvalue weighted by Gasteiger charge is 2.41. The Bertz CT molecular complexity index is 3240. The number of benzene rings is 2. The number of methoxy groups -OCH3 is 1. The minimum atomic E-state index is -0.0750. The predicted octanol–water partition coefficient (Wildman–Crippen LogP) is 19.7. The summed E-state index contributed by atoms with van der Waals surface area (Å²) in [6.07, 6.45) is 66.1. The normalized spacial score (nSPS) is 28.6. The monoisotopic (exact) mass is 1050 g/mol. The summed E-state index contributed by atoms with van der Waals surface area (Å²) in [5, 5.41) is 0. The zero-order chi connectivity index (χ0) is 54.3. The van der Waals surface area contributed by atoms with E-state index in [9.17, 15) is 0 Å². The van der Waals surface area contributed by atoms with E-state index in [1.807, 2.05) is 7.11 Å². The number of ether oxygens (including phenoxy) is 1. The molecule has 0 bridgehead atoms. The highest BCUT2D eigenvalue weighted by atomic mass is 16.5. The van der Waals surface area contributed by atoms with Crippen molar-refractivity contribution in [3.05, 3.63) is 226 Å². The molecule has 1 aromatic heterocycles. The summed E-state index contributed by atoms with van der Waals surface area (Å²) in [6, 6.07) is 22.8. The lowest BCUT2D eigenvalue weighted by atomic mass is 9.60. The van der Waals surface area contributed by atoms with Gasteiger partial charge in [-0.3, -0.25) is 9.98 Å². The number of pyridine rings is 1. The van der Waals surface area contributed by atoms with Crippen LogP contribution in [0.15, 0.2) is 203 Å². The molecule has 0 N–H and O–H groups in total. The van der Waals surface area contributed by atoms with Gasteiger partial charge in [0.2, 0.25) is 0 Å². The maximum atomic E-state index is 6.51. The largest absolute Gasteiger partial charge is 0.376 e. The van der Waals surface area contributed by atoms with Gasteiger partial charge in [0.1, 0.15) is 0 Å². The second kappa shape index (κ2) is 25.2. The van der Waals surface area contributed by atoms with Gasteiger partial charge in [0.05, 0.1) is 17.5 Å². The molecule has 3 aromatic rings. The molecule has 9 atom stereocenters. The molecule has 1 saturated carbocycles. The van der Waals surface area contributed by atoms with Crippen LogP contribution in [0.3, 0.4) is 0 Å². The maximum absolute atomic E-state index is 6.51. The van der Waals surface area contributed by atoms with Crippen molar-refractivity contribution in [2.24, 2.45) is 45.9 Å². The van der Waals surface area contributed by atoms with Crippen LogP contribution < -0.4 is 0 Å². The standard InChI is InChI=1S/C77H86N2O/c1-54(70-36-22-38-72(76(70)80-3)59-27-11-5-12-28-59)79-75-63(49-62-40-39-56(47-55-23-19-20-24-55)48-73(62)60-29-13-6-14-30-60)31-21-37-71(75)65-50-64(57-25-9-4-10-26-57)51-66(52-65)74-53-61(45-46-78-74)58-41-43-69(44-42-58)77(2,67-32-15-7-16-33-67)68-34-17-8-18-35-68/h4-5,7,9-13,15,17,21,25,27-32,34-37,41,45-46,50-51,53,55-57,62,65,69,72-73,76H,6,8,14,16,18-20,22-24,26,33,38,42-44,47-49,52H2,1-3H3/b79-54+. The zero-order valence-corrected chi connectivity index (χ0v) is 48.3. The van der Waals surface area contributed by atoms with Crippen molar-refractivity contribution in [3.63, 3.8) is 0 Å². The van der Waals surface area contributed by atoms with Crippen LogP contribution in [-0.2, 0) is 11.2 Å². The van der Waals surface area contributed by atoms with Crippen LogP contribution in [-0.4, -0.2) is 23.9 Å². The van der Waals surface area contributed by atoms with Crippen molar-refractivity contribution in [3.8, 4) is 11.8 Å². The first-order valence-electron chi connectivity index (χ1n) is 31.4. The van der Waals surface area contributed by atoms with Crippen LogP contribution in [0, 0.1) is 52.8 Å². The molecule has 9 unspecified atom stereocenters. The first-order valence-corrected chi connectivity index (χ1v) is 31.4. The molecule has 0 aliphatic heterocycles. The van der Waals surface area contributed by atoms with Crippen LogP contribution in [0.25, 0.3) is 11.1 Å². The molecule has 80 heavy (non-hydrogen) atoms. The fourth-order valence-corrected chi connectivity index (χ4v) is 15.8. The van der Waals surface area contributed by atoms with Crippen LogP contribution in [0.5, 0.6) is 0 Å². The molecule has 12 rings (SSSR count). The summed E-state index contributed by atoms with van der Waals surface area (Å²) >= 11 is 0. The van der Waals surface area contributed by atoms with Crippen molar-refractivity contribution in [2.45, 2.75) is 160 Å². The van der Waals surface area contributed by atoms with Crippen molar-refractivity contribution >= 4 is 22.5 Å². The van der Waals surface area contributed by atoms with E-state index in [0.717, 1.165) is 113 Å². The molecule has 0 radical (unpaired) electrons. The van der Waals surface area contributed by atoms with Gasteiger partial charge in [-0.2, -0.15) is 0 Å². The Morgan fingerprint density at radius 1 is 0.750 bits per heavy atom. The molecule has 0 spiro atoms. The van der Waals surface area contributed by atoms with Crippen molar-refractivity contribution in [1.29, 1.82) is 0 Å². The molecule has 9 aliphatic rings. The predicted molar refractivity (Wildman–Crippen MR) is 336 cm³/mol. The van der Waals surface area contributed by atoms with E-state index in [2.05, 4.69) is 196 Å². The summed E-state index contributed by atoms with van der Waals surface area (Å²) < 4.78 is 6.51. The third-order valence-corrected chi connectivity index (χ3v) is 20.3. The third-order valence-electron chi connectivity index (χ3n) is 20.3. The molecule has 0 amide bonds. The molecule has 1 fully saturated rings. The van der Waals surface area contributed by atoms with Gasteiger partial charge in [-0.05, 0) is 195 Å². The maximum Gasteiger partial charge on any atom is 0.0904 e. The van der Waals surface area contributed by atoms with Crippen LogP contribution in [0.2, 0.25) is 0 Å². The van der Waals surface area contributed by atoms with Crippen molar-refractivity contribution in [1.82, 2.24) is 4.98 Å². The van der Waals surface area contributed by atoms with Gasteiger partial charge < -0.3 is 4.74 Å². The summed E-state index contributed by atoms with van der Waals surface area (Å²) in [6.45, 7) is 4.81. The Morgan fingerprint density at radius 3 is 2.39 bits per heavy atom. The highest BCUT2D eigenvalue weighted by Crippen LogP contribution is 2.53. The lowest BCUT2D eigenvalue weighted by Crippen LogP contribution is -2.33. The first-order chi connectivity index (χ1) is 39.4. The molecule has 3 nitrogen and oxygen atoms in total. The van der Waals surface area contributed by atoms with E-state index in [1.54, 1.807) is 5.57 Å². The number of allylic oxidation sites excluding steroid dienone is 23. The average Bonchev–Trinajstić information content (AvgIpc) is 4.07. The molecule has 2 aromatic carbocycles. The summed E-state index contributed by atoms with van der Waals surface area (Å²) in [5.41, 5.74) is 18.6. The van der Waals surface area contributed by atoms with Crippen molar-refractivity contribution < 1.29 is 4.74 Å². The Hall–Kier alpha value is -6.34. The Labute approximate surface area is 480 Å². The molecular weight excluding hydrogens is 969 g/mol. The fraction of sp³-hybridized carbons (Fsp3) is 0.429. The third kappa shape index (κ3) is 11.9. The second-order valence-corrected chi connectivity index (χ2v) is 25.1. The summed E-state index contributed by atoms with van der Waals surface area (Å²) in [4.78, 5) is 11.2. The molecule has 0 saturated heterocycles. The van der Waals surface area contributed by atoms with E-state index in [1.165, 1.54) is 94.2 Å². The number of hydrogen-bond acceptors (Lipinski definition) is 3. The lowest BCUT2D eigenvalue weighted by molar-refractivity contribution is 0.104. The number of nitrogens with zero attached hydrogens (tertiary/aromatic N) is 2. The first kappa shape index (κ1) is 54.3. The van der Waals surface area contributed by atoms with E-state index in [0.29, 0.717) is 23.7 Å². The van der Waals surface area contributed by atoms with Crippen molar-refractivity contribution in [2.75, 3.05) is 7.11 Å². The number of hydrogen-bond donors (Lipinski definition) is 0. The van der Waals surface area contributed by atoms with Crippen LogP contribution in [0.4, 0.5) is 5.69 Å². The van der Waals surface area contributed by atoms with E-state index >= 15 is 0 Å². The molecule has 410 valence electrons. The Morgan fingerprint density at radius 2 is 1.62 bits per heavy atom. The molecular formula is C77H86N2O. The van der Waals surface area contributed by atoms with Crippen LogP contribution >= 0.6 is 0 Å². The summed E-state index contributed by atoms with van der Waals surface area (Å²) in [5.74, 6) is 11.1. The van der Waals surface area contributed by atoms with Gasteiger partial charge in [-0.25, -0.2) is 0 Å². The minimum Gasteiger partial charge on any atom is -0.376 e. The highest BCUT2D eigenvalue weighted by molar-refractivity contribution is 6.01. The molecule has 1 heterocycles. The fourth-order valence-electron chi connectivity index (χ4n) is 15.8. The number of aliphatic imine (C=N–C) groups is 1. The van der Waals surface area contributed by atoms with E-state index < -0.39 is 0 Å². The van der Waals surface area contributed by atoms with Crippen LogP contribution in [0.1, 0.15) is 176 Å². The zero-order valence-electron chi connectivity index (χ0n) is 48.3. The Balaban J connectivity index is 0.904. The SMILES string of the molecule is COC1C(/C(C)=N/c2c(CC3C#CC(CC4CCCC4)CC3C3=CCCC=C3)cccc2C2C=C(C3C=CC=CC3)C=C(c3cc(C4=CCC(C(C)(C5=CCCC=C5)C5=CC=CCC5)CC4)ccn3)C2)=CCCC1c1ccccc1. The minimum absolute atomic E-state index is 0.0517.